The van der Waals surface area contributed by atoms with Crippen LogP contribution in [0.4, 0.5) is 13.2 Å². The lowest BCUT2D eigenvalue weighted by Gasteiger charge is -2.32. The molecular weight excluding hydrogens is 185 g/mol. The summed E-state index contributed by atoms with van der Waals surface area (Å²) in [7, 11) is 0. The molecule has 1 atom stereocenters. The first kappa shape index (κ1) is 12.7. The number of alkyl halides is 3. The summed E-state index contributed by atoms with van der Waals surface area (Å²) in [5.41, 5.74) is -1.50. The number of halogens is 3. The van der Waals surface area contributed by atoms with Crippen molar-refractivity contribution in [3.63, 3.8) is 0 Å². The summed E-state index contributed by atoms with van der Waals surface area (Å²) in [6, 6.07) is 0. The van der Waals surface area contributed by atoms with E-state index >= 15 is 0 Å². The van der Waals surface area contributed by atoms with Crippen LogP contribution < -0.4 is 0 Å². The van der Waals surface area contributed by atoms with Crippen LogP contribution in [-0.4, -0.2) is 23.2 Å². The molecule has 0 amide bonds. The maximum absolute atomic E-state index is 11.9. The molecule has 80 valence electrons. The Morgan fingerprint density at radius 1 is 1.15 bits per heavy atom. The lowest BCUT2D eigenvalue weighted by Crippen LogP contribution is -2.44. The molecule has 0 rings (SSSR count). The first-order valence-corrected chi connectivity index (χ1v) is 4.01. The van der Waals surface area contributed by atoms with E-state index in [9.17, 15) is 18.3 Å². The third kappa shape index (κ3) is 5.10. The van der Waals surface area contributed by atoms with Crippen molar-refractivity contribution in [2.45, 2.75) is 45.8 Å². The topological polar surface area (TPSA) is 29.5 Å². The number of aliphatic hydroxyl groups is 1. The van der Waals surface area contributed by atoms with Crippen molar-refractivity contribution in [1.29, 1.82) is 0 Å². The summed E-state index contributed by atoms with van der Waals surface area (Å²) in [4.78, 5) is 0. The summed E-state index contributed by atoms with van der Waals surface area (Å²) >= 11 is 0. The molecule has 0 aliphatic heterocycles. The van der Waals surface area contributed by atoms with Crippen LogP contribution in [-0.2, 0) is 4.74 Å². The van der Waals surface area contributed by atoms with Gasteiger partial charge in [0.25, 0.3) is 0 Å². The summed E-state index contributed by atoms with van der Waals surface area (Å²) in [6.45, 7) is 5.72. The van der Waals surface area contributed by atoms with Gasteiger partial charge in [-0.1, -0.05) is 13.8 Å². The quantitative estimate of drug-likeness (QED) is 0.757. The number of hydrogen-bond acceptors (Lipinski definition) is 2. The second-order valence-electron chi connectivity index (χ2n) is 3.88. The number of hydrogen-bond donors (Lipinski definition) is 1. The van der Waals surface area contributed by atoms with Crippen molar-refractivity contribution in [3.8, 4) is 0 Å². The van der Waals surface area contributed by atoms with Gasteiger partial charge >= 0.3 is 6.36 Å². The van der Waals surface area contributed by atoms with Crippen LogP contribution in [0.25, 0.3) is 0 Å². The Kier molecular flexibility index (Phi) is 3.75. The SMILES string of the molecule is CC(C)C(OC(F)(F)F)C(C)(C)O. The van der Waals surface area contributed by atoms with E-state index in [2.05, 4.69) is 4.74 Å². The highest BCUT2D eigenvalue weighted by Gasteiger charge is 2.41. The molecule has 0 heterocycles. The summed E-state index contributed by atoms with van der Waals surface area (Å²) < 4.78 is 39.4. The van der Waals surface area contributed by atoms with Crippen LogP contribution in [0.1, 0.15) is 27.7 Å². The van der Waals surface area contributed by atoms with Gasteiger partial charge in [0.15, 0.2) is 0 Å². The maximum Gasteiger partial charge on any atom is 0.522 e. The molecule has 0 aromatic rings. The van der Waals surface area contributed by atoms with Gasteiger partial charge in [-0.15, -0.1) is 13.2 Å². The zero-order chi connectivity index (χ0) is 10.9. The standard InChI is InChI=1S/C8H15F3O2/c1-5(2)6(7(3,4)12)13-8(9,10)11/h5-6,12H,1-4H3. The smallest absolute Gasteiger partial charge is 0.388 e. The molecule has 5 heteroatoms. The van der Waals surface area contributed by atoms with E-state index in [1.54, 1.807) is 13.8 Å². The number of ether oxygens (including phenoxy) is 1. The molecule has 0 saturated heterocycles. The van der Waals surface area contributed by atoms with Crippen LogP contribution in [0.5, 0.6) is 0 Å². The monoisotopic (exact) mass is 200 g/mol. The average Bonchev–Trinajstić information content (AvgIpc) is 1.77. The van der Waals surface area contributed by atoms with Gasteiger partial charge in [0.2, 0.25) is 0 Å². The largest absolute Gasteiger partial charge is 0.522 e. The van der Waals surface area contributed by atoms with E-state index in [1.165, 1.54) is 13.8 Å². The summed E-state index contributed by atoms with van der Waals surface area (Å²) in [5, 5.41) is 9.39. The fourth-order valence-corrected chi connectivity index (χ4v) is 1.24. The molecule has 0 aliphatic carbocycles. The Bertz CT molecular complexity index is 158. The van der Waals surface area contributed by atoms with Gasteiger partial charge in [0, 0.05) is 0 Å². The van der Waals surface area contributed by atoms with Crippen LogP contribution in [0.2, 0.25) is 0 Å². The lowest BCUT2D eigenvalue weighted by molar-refractivity contribution is -0.363. The molecule has 0 aromatic heterocycles. The second kappa shape index (κ2) is 3.84. The molecule has 2 nitrogen and oxygen atoms in total. The third-order valence-electron chi connectivity index (χ3n) is 1.56. The predicted molar refractivity (Wildman–Crippen MR) is 42.1 cm³/mol. The molecular formula is C8H15F3O2. The van der Waals surface area contributed by atoms with Crippen molar-refractivity contribution in [1.82, 2.24) is 0 Å². The molecule has 13 heavy (non-hydrogen) atoms. The van der Waals surface area contributed by atoms with Crippen molar-refractivity contribution in [2.75, 3.05) is 0 Å². The Labute approximate surface area is 75.7 Å². The molecule has 1 N–H and O–H groups in total. The molecule has 0 fully saturated rings. The van der Waals surface area contributed by atoms with Gasteiger partial charge in [-0.2, -0.15) is 0 Å². The van der Waals surface area contributed by atoms with Gasteiger partial charge in [0.05, 0.1) is 11.7 Å². The van der Waals surface area contributed by atoms with Gasteiger partial charge in [-0.05, 0) is 19.8 Å². The maximum atomic E-state index is 11.9. The Morgan fingerprint density at radius 3 is 1.62 bits per heavy atom. The van der Waals surface area contributed by atoms with Crippen molar-refractivity contribution < 1.29 is 23.0 Å². The molecule has 1 unspecified atom stereocenters. The molecule has 0 aliphatic rings. The minimum atomic E-state index is -4.70. The fourth-order valence-electron chi connectivity index (χ4n) is 1.24. The average molecular weight is 200 g/mol. The van der Waals surface area contributed by atoms with E-state index in [0.717, 1.165) is 0 Å². The molecule has 0 bridgehead atoms. The minimum absolute atomic E-state index is 0.401. The summed E-state index contributed by atoms with van der Waals surface area (Å²) in [5.74, 6) is -0.401. The van der Waals surface area contributed by atoms with E-state index in [4.69, 9.17) is 0 Å². The second-order valence-corrected chi connectivity index (χ2v) is 3.88. The molecule has 0 spiro atoms. The van der Waals surface area contributed by atoms with Crippen LogP contribution >= 0.6 is 0 Å². The lowest BCUT2D eigenvalue weighted by atomic mass is 9.92. The van der Waals surface area contributed by atoms with E-state index in [0.29, 0.717) is 0 Å². The van der Waals surface area contributed by atoms with E-state index in [1.807, 2.05) is 0 Å². The zero-order valence-corrected chi connectivity index (χ0v) is 8.14. The first-order chi connectivity index (χ1) is 5.54. The molecule has 0 radical (unpaired) electrons. The minimum Gasteiger partial charge on any atom is -0.388 e. The van der Waals surface area contributed by atoms with Crippen molar-refractivity contribution >= 4 is 0 Å². The van der Waals surface area contributed by atoms with Crippen LogP contribution in [0.3, 0.4) is 0 Å². The molecule has 0 aromatic carbocycles. The zero-order valence-electron chi connectivity index (χ0n) is 8.14. The number of rotatable bonds is 3. The first-order valence-electron chi connectivity index (χ1n) is 4.01. The van der Waals surface area contributed by atoms with Gasteiger partial charge < -0.3 is 5.11 Å². The van der Waals surface area contributed by atoms with E-state index < -0.39 is 24.0 Å². The van der Waals surface area contributed by atoms with Crippen LogP contribution in [0.15, 0.2) is 0 Å². The Balaban J connectivity index is 4.47. The normalized spacial score (nSPS) is 16.4. The Morgan fingerprint density at radius 2 is 1.54 bits per heavy atom. The highest BCUT2D eigenvalue weighted by Crippen LogP contribution is 2.28. The van der Waals surface area contributed by atoms with Crippen LogP contribution in [0, 0.1) is 5.92 Å². The van der Waals surface area contributed by atoms with Gasteiger partial charge in [-0.25, -0.2) is 0 Å². The fraction of sp³-hybridized carbons (Fsp3) is 1.00. The van der Waals surface area contributed by atoms with Gasteiger partial charge in [0.1, 0.15) is 0 Å². The highest BCUT2D eigenvalue weighted by molar-refractivity contribution is 4.80. The third-order valence-corrected chi connectivity index (χ3v) is 1.56. The summed E-state index contributed by atoms with van der Waals surface area (Å²) in [6.07, 6.45) is -5.94. The molecule has 0 saturated carbocycles. The predicted octanol–water partition coefficient (Wildman–Crippen LogP) is 2.32. The Hall–Kier alpha value is -0.290. The van der Waals surface area contributed by atoms with Crippen molar-refractivity contribution in [2.24, 2.45) is 5.92 Å². The van der Waals surface area contributed by atoms with Crippen molar-refractivity contribution in [3.05, 3.63) is 0 Å². The highest BCUT2D eigenvalue weighted by atomic mass is 19.4. The van der Waals surface area contributed by atoms with Gasteiger partial charge in [-0.3, -0.25) is 4.74 Å². The van der Waals surface area contributed by atoms with E-state index in [-0.39, 0.29) is 0 Å².